The Hall–Kier alpha value is -0.0800. The molecule has 2 nitrogen and oxygen atoms in total. The molecule has 2 heteroatoms. The molecule has 0 bridgehead atoms. The predicted molar refractivity (Wildman–Crippen MR) is 67.9 cm³/mol. The fourth-order valence-electron chi connectivity index (χ4n) is 3.74. The summed E-state index contributed by atoms with van der Waals surface area (Å²) in [6.07, 6.45) is 14.1. The topological polar surface area (TPSA) is 29.5 Å². The first-order chi connectivity index (χ1) is 8.27. The summed E-state index contributed by atoms with van der Waals surface area (Å²) in [6, 6.07) is 0. The molecule has 0 aromatic heterocycles. The second-order valence-corrected chi connectivity index (χ2v) is 6.50. The summed E-state index contributed by atoms with van der Waals surface area (Å²) >= 11 is 0. The van der Waals surface area contributed by atoms with E-state index >= 15 is 0 Å². The van der Waals surface area contributed by atoms with Crippen LogP contribution in [0.4, 0.5) is 0 Å². The third-order valence-electron chi connectivity index (χ3n) is 5.05. The molecule has 0 aromatic rings. The number of rotatable bonds is 4. The Balaban J connectivity index is 1.43. The van der Waals surface area contributed by atoms with Crippen molar-refractivity contribution < 1.29 is 9.84 Å². The largest absolute Gasteiger partial charge is 0.393 e. The molecule has 3 rings (SSSR count). The summed E-state index contributed by atoms with van der Waals surface area (Å²) in [5.41, 5.74) is 0.257. The van der Waals surface area contributed by atoms with Gasteiger partial charge >= 0.3 is 0 Å². The van der Waals surface area contributed by atoms with E-state index in [-0.39, 0.29) is 11.7 Å². The highest BCUT2D eigenvalue weighted by Gasteiger charge is 2.41. The maximum absolute atomic E-state index is 9.90. The zero-order valence-electron chi connectivity index (χ0n) is 10.9. The number of hydrogen-bond donors (Lipinski definition) is 1. The van der Waals surface area contributed by atoms with Crippen molar-refractivity contribution in [2.45, 2.75) is 88.4 Å². The summed E-state index contributed by atoms with van der Waals surface area (Å²) in [5, 5.41) is 9.90. The summed E-state index contributed by atoms with van der Waals surface area (Å²) in [7, 11) is 0. The van der Waals surface area contributed by atoms with Gasteiger partial charge in [0.2, 0.25) is 0 Å². The Morgan fingerprint density at radius 3 is 2.53 bits per heavy atom. The van der Waals surface area contributed by atoms with Crippen LogP contribution in [0.15, 0.2) is 0 Å². The molecule has 2 saturated carbocycles. The van der Waals surface area contributed by atoms with Gasteiger partial charge in [-0.1, -0.05) is 19.3 Å². The van der Waals surface area contributed by atoms with Gasteiger partial charge in [-0.05, 0) is 57.3 Å². The van der Waals surface area contributed by atoms with E-state index in [0.717, 1.165) is 12.8 Å². The Bertz CT molecular complexity index is 254. The summed E-state index contributed by atoms with van der Waals surface area (Å²) in [5.74, 6) is 0.625. The van der Waals surface area contributed by atoms with Crippen molar-refractivity contribution >= 4 is 0 Å². The Morgan fingerprint density at radius 2 is 1.82 bits per heavy atom. The second kappa shape index (κ2) is 4.89. The quantitative estimate of drug-likeness (QED) is 0.813. The van der Waals surface area contributed by atoms with Crippen LogP contribution in [-0.2, 0) is 4.74 Å². The molecular weight excluding hydrogens is 212 g/mol. The van der Waals surface area contributed by atoms with Crippen LogP contribution in [0.25, 0.3) is 0 Å². The second-order valence-electron chi connectivity index (χ2n) is 6.50. The molecule has 0 aromatic carbocycles. The van der Waals surface area contributed by atoms with Crippen LogP contribution in [0, 0.1) is 5.92 Å². The molecule has 17 heavy (non-hydrogen) atoms. The molecular formula is C15H26O2. The lowest BCUT2D eigenvalue weighted by molar-refractivity contribution is -0.0688. The highest BCUT2D eigenvalue weighted by molar-refractivity contribution is 4.91. The number of ether oxygens (including phenoxy) is 1. The minimum atomic E-state index is -0.0403. The van der Waals surface area contributed by atoms with E-state index in [1.54, 1.807) is 0 Å². The normalized spacial score (nSPS) is 34.1. The highest BCUT2D eigenvalue weighted by atomic mass is 16.5. The van der Waals surface area contributed by atoms with Crippen LogP contribution in [-0.4, -0.2) is 22.9 Å². The molecule has 3 fully saturated rings. The molecule has 1 heterocycles. The Labute approximate surface area is 105 Å². The third-order valence-corrected chi connectivity index (χ3v) is 5.05. The molecule has 1 N–H and O–H groups in total. The smallest absolute Gasteiger partial charge is 0.0687 e. The summed E-state index contributed by atoms with van der Waals surface area (Å²) in [6.45, 7) is 0. The van der Waals surface area contributed by atoms with E-state index < -0.39 is 0 Å². The van der Waals surface area contributed by atoms with Gasteiger partial charge in [-0.15, -0.1) is 0 Å². The van der Waals surface area contributed by atoms with Crippen molar-refractivity contribution in [2.24, 2.45) is 5.92 Å². The molecule has 0 radical (unpaired) electrons. The van der Waals surface area contributed by atoms with Gasteiger partial charge in [0.1, 0.15) is 0 Å². The van der Waals surface area contributed by atoms with Crippen LogP contribution < -0.4 is 0 Å². The number of aliphatic hydroxyl groups is 1. The lowest BCUT2D eigenvalue weighted by Gasteiger charge is -2.33. The van der Waals surface area contributed by atoms with E-state index in [4.69, 9.17) is 4.74 Å². The summed E-state index contributed by atoms with van der Waals surface area (Å²) in [4.78, 5) is 0. The zero-order valence-corrected chi connectivity index (χ0v) is 10.9. The molecule has 1 saturated heterocycles. The first-order valence-electron chi connectivity index (χ1n) is 7.63. The van der Waals surface area contributed by atoms with E-state index in [2.05, 4.69) is 0 Å². The van der Waals surface area contributed by atoms with Gasteiger partial charge in [0, 0.05) is 0 Å². The van der Waals surface area contributed by atoms with E-state index in [9.17, 15) is 5.11 Å². The lowest BCUT2D eigenvalue weighted by Crippen LogP contribution is -2.31. The van der Waals surface area contributed by atoms with Gasteiger partial charge in [-0.25, -0.2) is 0 Å². The van der Waals surface area contributed by atoms with E-state index in [1.165, 1.54) is 57.8 Å². The average molecular weight is 238 g/mol. The first-order valence-corrected chi connectivity index (χ1v) is 7.63. The molecule has 1 aliphatic heterocycles. The first kappa shape index (κ1) is 12.0. The minimum absolute atomic E-state index is 0.0403. The summed E-state index contributed by atoms with van der Waals surface area (Å²) < 4.78 is 6.33. The van der Waals surface area contributed by atoms with Crippen molar-refractivity contribution in [3.05, 3.63) is 0 Å². The molecule has 0 amide bonds. The van der Waals surface area contributed by atoms with Crippen LogP contribution in [0.5, 0.6) is 0 Å². The Morgan fingerprint density at radius 1 is 1.06 bits per heavy atom. The molecule has 2 aliphatic carbocycles. The SMILES string of the molecule is OC(CCC1CCC2(CCCCC2)O1)C1CC1. The lowest BCUT2D eigenvalue weighted by atomic mass is 9.83. The van der Waals surface area contributed by atoms with Crippen LogP contribution in [0.3, 0.4) is 0 Å². The van der Waals surface area contributed by atoms with Crippen LogP contribution in [0.1, 0.15) is 70.6 Å². The van der Waals surface area contributed by atoms with Gasteiger partial charge in [0.15, 0.2) is 0 Å². The van der Waals surface area contributed by atoms with Crippen molar-refractivity contribution in [2.75, 3.05) is 0 Å². The van der Waals surface area contributed by atoms with Gasteiger partial charge in [-0.3, -0.25) is 0 Å². The average Bonchev–Trinajstić information content (AvgIpc) is 3.13. The standard InChI is InChI=1S/C15H26O2/c16-14(12-4-5-12)7-6-13-8-11-15(17-13)9-2-1-3-10-15/h12-14,16H,1-11H2. The maximum atomic E-state index is 9.90. The number of aliphatic hydroxyl groups excluding tert-OH is 1. The predicted octanol–water partition coefficient (Wildman–Crippen LogP) is 3.42. The van der Waals surface area contributed by atoms with E-state index in [1.807, 2.05) is 0 Å². The van der Waals surface area contributed by atoms with Crippen LogP contribution in [0.2, 0.25) is 0 Å². The monoisotopic (exact) mass is 238 g/mol. The molecule has 1 spiro atoms. The van der Waals surface area contributed by atoms with Crippen LogP contribution >= 0.6 is 0 Å². The van der Waals surface area contributed by atoms with Gasteiger partial charge in [-0.2, -0.15) is 0 Å². The molecule has 3 aliphatic rings. The molecule has 98 valence electrons. The van der Waals surface area contributed by atoms with Crippen molar-refractivity contribution in [1.29, 1.82) is 0 Å². The zero-order chi connectivity index (χ0) is 11.7. The Kier molecular flexibility index (Phi) is 3.45. The van der Waals surface area contributed by atoms with Gasteiger partial charge in [0.25, 0.3) is 0 Å². The van der Waals surface area contributed by atoms with E-state index in [0.29, 0.717) is 12.0 Å². The fourth-order valence-corrected chi connectivity index (χ4v) is 3.74. The van der Waals surface area contributed by atoms with Gasteiger partial charge in [0.05, 0.1) is 17.8 Å². The fraction of sp³-hybridized carbons (Fsp3) is 1.00. The molecule has 2 unspecified atom stereocenters. The van der Waals surface area contributed by atoms with Crippen molar-refractivity contribution in [1.82, 2.24) is 0 Å². The third kappa shape index (κ3) is 2.85. The maximum Gasteiger partial charge on any atom is 0.0687 e. The van der Waals surface area contributed by atoms with Crippen molar-refractivity contribution in [3.63, 3.8) is 0 Å². The van der Waals surface area contributed by atoms with Gasteiger partial charge < -0.3 is 9.84 Å². The molecule has 2 atom stereocenters. The number of hydrogen-bond acceptors (Lipinski definition) is 2. The highest BCUT2D eigenvalue weighted by Crippen LogP contribution is 2.43. The van der Waals surface area contributed by atoms with Crippen molar-refractivity contribution in [3.8, 4) is 0 Å². The minimum Gasteiger partial charge on any atom is -0.393 e.